The van der Waals surface area contributed by atoms with Gasteiger partial charge in [-0.05, 0) is 36.6 Å². The second-order valence-corrected chi connectivity index (χ2v) is 4.96. The maximum atomic E-state index is 11.4. The highest BCUT2D eigenvalue weighted by atomic mass is 16.1. The predicted octanol–water partition coefficient (Wildman–Crippen LogP) is 2.23. The Labute approximate surface area is 123 Å². The zero-order valence-corrected chi connectivity index (χ0v) is 12.1. The second-order valence-electron chi connectivity index (χ2n) is 4.96. The van der Waals surface area contributed by atoms with Gasteiger partial charge in [0.25, 0.3) is 0 Å². The summed E-state index contributed by atoms with van der Waals surface area (Å²) in [4.78, 5) is 15.9. The van der Waals surface area contributed by atoms with Crippen molar-refractivity contribution in [2.75, 3.05) is 10.6 Å². The fraction of sp³-hybridized carbons (Fsp3) is 0.333. The van der Waals surface area contributed by atoms with Crippen LogP contribution in [0.15, 0.2) is 18.2 Å². The zero-order chi connectivity index (χ0) is 14.8. The van der Waals surface area contributed by atoms with Gasteiger partial charge >= 0.3 is 0 Å². The molecule has 1 aliphatic heterocycles. The van der Waals surface area contributed by atoms with E-state index in [2.05, 4.69) is 32.7 Å². The molecule has 1 aromatic heterocycles. The smallest absolute Gasteiger partial charge is 0.247 e. The molecule has 3 rings (SSSR count). The first-order valence-electron chi connectivity index (χ1n) is 7.12. The number of amides is 1. The lowest BCUT2D eigenvalue weighted by molar-refractivity contribution is -0.115. The number of nitrogens with zero attached hydrogens (tertiary/aromatic N) is 3. The molecule has 0 aliphatic carbocycles. The van der Waals surface area contributed by atoms with Gasteiger partial charge < -0.3 is 10.6 Å². The summed E-state index contributed by atoms with van der Waals surface area (Å²) in [5.74, 6) is 0.516. The van der Waals surface area contributed by atoms with Crippen molar-refractivity contribution < 1.29 is 4.79 Å². The van der Waals surface area contributed by atoms with Gasteiger partial charge in [0.2, 0.25) is 11.9 Å². The summed E-state index contributed by atoms with van der Waals surface area (Å²) in [6.45, 7) is 4.10. The number of anilines is 3. The molecule has 21 heavy (non-hydrogen) atoms. The molecule has 0 atom stereocenters. The molecule has 6 nitrogen and oxygen atoms in total. The molecule has 2 N–H and O–H groups in total. The number of carbonyl (C=O) groups is 1. The van der Waals surface area contributed by atoms with Gasteiger partial charge in [-0.2, -0.15) is 0 Å². The maximum Gasteiger partial charge on any atom is 0.247 e. The van der Waals surface area contributed by atoms with Crippen LogP contribution in [0, 0.1) is 0 Å². The van der Waals surface area contributed by atoms with E-state index in [0.29, 0.717) is 12.4 Å². The first-order chi connectivity index (χ1) is 10.2. The number of fused-ring (bicyclic) bond motifs is 1. The van der Waals surface area contributed by atoms with Crippen LogP contribution in [0.25, 0.3) is 0 Å². The number of carbonyl (C=O) groups excluding carboxylic acids is 1. The molecule has 1 aromatic carbocycles. The van der Waals surface area contributed by atoms with Crippen molar-refractivity contribution >= 4 is 23.2 Å². The highest BCUT2D eigenvalue weighted by Gasteiger charge is 2.17. The topological polar surface area (TPSA) is 79.8 Å². The number of hydrogen-bond acceptors (Lipinski definition) is 5. The summed E-state index contributed by atoms with van der Waals surface area (Å²) >= 11 is 0. The number of aryl methyl sites for hydroxylation is 2. The van der Waals surface area contributed by atoms with E-state index in [0.717, 1.165) is 41.2 Å². The molecule has 1 aliphatic rings. The van der Waals surface area contributed by atoms with Gasteiger partial charge in [0.05, 0.1) is 17.8 Å². The molecule has 2 heterocycles. The summed E-state index contributed by atoms with van der Waals surface area (Å²) in [6, 6.07) is 5.72. The molecule has 108 valence electrons. The highest BCUT2D eigenvalue weighted by molar-refractivity contribution is 5.99. The average Bonchev–Trinajstić information content (AvgIpc) is 2.86. The number of aromatic nitrogens is 3. The summed E-state index contributed by atoms with van der Waals surface area (Å²) in [5.41, 5.74) is 4.62. The van der Waals surface area contributed by atoms with E-state index < -0.39 is 0 Å². The third-order valence-electron chi connectivity index (χ3n) is 3.50. The summed E-state index contributed by atoms with van der Waals surface area (Å²) in [5, 5.41) is 14.3. The SMILES string of the molecule is CCc1nnc(Nc2ccc3c(c2)CC(=O)N3)nc1CC. The molecule has 1 amide bonds. The summed E-state index contributed by atoms with van der Waals surface area (Å²) in [7, 11) is 0. The Hall–Kier alpha value is -2.50. The van der Waals surface area contributed by atoms with Gasteiger partial charge in [-0.3, -0.25) is 4.79 Å². The minimum absolute atomic E-state index is 0.0284. The Morgan fingerprint density at radius 1 is 1.19 bits per heavy atom. The molecular weight excluding hydrogens is 266 g/mol. The van der Waals surface area contributed by atoms with Gasteiger partial charge in [0.15, 0.2) is 0 Å². The van der Waals surface area contributed by atoms with E-state index in [1.807, 2.05) is 25.1 Å². The summed E-state index contributed by atoms with van der Waals surface area (Å²) < 4.78 is 0. The quantitative estimate of drug-likeness (QED) is 0.899. The third-order valence-corrected chi connectivity index (χ3v) is 3.50. The van der Waals surface area contributed by atoms with Crippen LogP contribution in [0.3, 0.4) is 0 Å². The van der Waals surface area contributed by atoms with Crippen LogP contribution in [0.4, 0.5) is 17.3 Å². The van der Waals surface area contributed by atoms with Crippen molar-refractivity contribution in [1.29, 1.82) is 0 Å². The van der Waals surface area contributed by atoms with Crippen LogP contribution in [0.5, 0.6) is 0 Å². The van der Waals surface area contributed by atoms with E-state index in [-0.39, 0.29) is 5.91 Å². The number of hydrogen-bond donors (Lipinski definition) is 2. The van der Waals surface area contributed by atoms with Gasteiger partial charge in [-0.15, -0.1) is 10.2 Å². The first-order valence-corrected chi connectivity index (χ1v) is 7.12. The van der Waals surface area contributed by atoms with Crippen molar-refractivity contribution in [2.24, 2.45) is 0 Å². The van der Waals surface area contributed by atoms with Crippen LogP contribution < -0.4 is 10.6 Å². The van der Waals surface area contributed by atoms with Crippen LogP contribution >= 0.6 is 0 Å². The van der Waals surface area contributed by atoms with Crippen molar-refractivity contribution in [2.45, 2.75) is 33.1 Å². The average molecular weight is 283 g/mol. The summed E-state index contributed by atoms with van der Waals surface area (Å²) in [6.07, 6.45) is 2.07. The van der Waals surface area contributed by atoms with E-state index >= 15 is 0 Å². The van der Waals surface area contributed by atoms with Crippen LogP contribution in [-0.2, 0) is 24.1 Å². The lowest BCUT2D eigenvalue weighted by Crippen LogP contribution is -2.06. The Morgan fingerprint density at radius 2 is 2.00 bits per heavy atom. The molecular formula is C15H17N5O. The van der Waals surface area contributed by atoms with Gasteiger partial charge in [0, 0.05) is 11.4 Å². The largest absolute Gasteiger partial charge is 0.326 e. The molecule has 0 spiro atoms. The highest BCUT2D eigenvalue weighted by Crippen LogP contribution is 2.27. The Balaban J connectivity index is 1.84. The molecule has 2 aromatic rings. The lowest BCUT2D eigenvalue weighted by atomic mass is 10.1. The zero-order valence-electron chi connectivity index (χ0n) is 12.1. The van der Waals surface area contributed by atoms with Crippen LogP contribution in [0.1, 0.15) is 30.8 Å². The van der Waals surface area contributed by atoms with E-state index in [1.54, 1.807) is 0 Å². The number of benzene rings is 1. The van der Waals surface area contributed by atoms with Gasteiger partial charge in [-0.1, -0.05) is 13.8 Å². The number of rotatable bonds is 4. The van der Waals surface area contributed by atoms with Gasteiger partial charge in [-0.25, -0.2) is 4.98 Å². The van der Waals surface area contributed by atoms with Crippen molar-refractivity contribution in [1.82, 2.24) is 15.2 Å². The predicted molar refractivity (Wildman–Crippen MR) is 80.6 cm³/mol. The van der Waals surface area contributed by atoms with Crippen molar-refractivity contribution in [3.8, 4) is 0 Å². The van der Waals surface area contributed by atoms with Gasteiger partial charge in [0.1, 0.15) is 0 Å². The number of nitrogens with one attached hydrogen (secondary N) is 2. The molecule has 0 radical (unpaired) electrons. The second kappa shape index (κ2) is 5.47. The maximum absolute atomic E-state index is 11.4. The minimum atomic E-state index is 0.0284. The monoisotopic (exact) mass is 283 g/mol. The molecule has 6 heteroatoms. The molecule has 0 unspecified atom stereocenters. The van der Waals surface area contributed by atoms with E-state index in [1.165, 1.54) is 0 Å². The first kappa shape index (κ1) is 13.5. The van der Waals surface area contributed by atoms with E-state index in [4.69, 9.17) is 0 Å². The standard InChI is InChI=1S/C15H17N5O/c1-3-11-12(4-2)19-20-15(18-11)16-10-5-6-13-9(7-10)8-14(21)17-13/h5-7H,3-4,8H2,1-2H3,(H,17,21)(H,16,18,20). The normalized spacial score (nSPS) is 13.0. The molecule has 0 fully saturated rings. The van der Waals surface area contributed by atoms with Crippen LogP contribution in [0.2, 0.25) is 0 Å². The Bertz CT molecular complexity index is 698. The fourth-order valence-electron chi connectivity index (χ4n) is 2.43. The fourth-order valence-corrected chi connectivity index (χ4v) is 2.43. The van der Waals surface area contributed by atoms with Crippen molar-refractivity contribution in [3.63, 3.8) is 0 Å². The van der Waals surface area contributed by atoms with Crippen LogP contribution in [-0.4, -0.2) is 21.1 Å². The molecule has 0 saturated carbocycles. The van der Waals surface area contributed by atoms with E-state index in [9.17, 15) is 4.79 Å². The Morgan fingerprint density at radius 3 is 2.76 bits per heavy atom. The Kier molecular flexibility index (Phi) is 3.51. The minimum Gasteiger partial charge on any atom is -0.326 e. The molecule has 0 bridgehead atoms. The lowest BCUT2D eigenvalue weighted by Gasteiger charge is -2.08. The van der Waals surface area contributed by atoms with Crippen molar-refractivity contribution in [3.05, 3.63) is 35.2 Å². The third kappa shape index (κ3) is 2.69. The molecule has 0 saturated heterocycles.